The average molecular weight is 356 g/mol. The molecule has 0 amide bonds. The number of aromatic hydroxyl groups is 3. The van der Waals surface area contributed by atoms with E-state index in [0.29, 0.717) is 17.5 Å². The van der Waals surface area contributed by atoms with Gasteiger partial charge in [-0.3, -0.25) is 4.79 Å². The molecule has 26 heavy (non-hydrogen) atoms. The first kappa shape index (κ1) is 19.1. The van der Waals surface area contributed by atoms with E-state index in [-0.39, 0.29) is 39.3 Å². The first-order valence-corrected chi connectivity index (χ1v) is 7.80. The Kier molecular flexibility index (Phi) is 5.38. The molecule has 0 aliphatic heterocycles. The van der Waals surface area contributed by atoms with Crippen LogP contribution in [0.4, 0.5) is 0 Å². The third-order valence-electron chi connectivity index (χ3n) is 3.96. The molecule has 0 aliphatic rings. The van der Waals surface area contributed by atoms with Gasteiger partial charge in [-0.25, -0.2) is 0 Å². The molecule has 6 nitrogen and oxygen atoms in total. The summed E-state index contributed by atoms with van der Waals surface area (Å²) in [6.45, 7) is 3.94. The van der Waals surface area contributed by atoms with Gasteiger partial charge in [-0.2, -0.15) is 0 Å². The Morgan fingerprint density at radius 3 is 2.50 bits per heavy atom. The van der Waals surface area contributed by atoms with Crippen LogP contribution in [0.5, 0.6) is 17.2 Å². The molecule has 3 aromatic rings. The van der Waals surface area contributed by atoms with Crippen LogP contribution in [-0.2, 0) is 6.42 Å². The zero-order valence-electron chi connectivity index (χ0n) is 14.4. The van der Waals surface area contributed by atoms with E-state index in [4.69, 9.17) is 4.42 Å². The van der Waals surface area contributed by atoms with Gasteiger partial charge in [0, 0.05) is 12.1 Å². The lowest BCUT2D eigenvalue weighted by atomic mass is 10.00. The maximum atomic E-state index is 12.7. The molecule has 1 aromatic heterocycles. The molecule has 0 bridgehead atoms. The van der Waals surface area contributed by atoms with Crippen LogP contribution in [-0.4, -0.2) is 20.8 Å². The van der Waals surface area contributed by atoms with Gasteiger partial charge in [-0.1, -0.05) is 17.7 Å². The van der Waals surface area contributed by atoms with Gasteiger partial charge in [-0.15, -0.1) is 0 Å². The lowest BCUT2D eigenvalue weighted by Crippen LogP contribution is -2.05. The first-order valence-electron chi connectivity index (χ1n) is 7.80. The summed E-state index contributed by atoms with van der Waals surface area (Å²) in [6, 6.07) is 7.25. The second-order valence-corrected chi connectivity index (χ2v) is 6.15. The van der Waals surface area contributed by atoms with Crippen molar-refractivity contribution in [1.82, 2.24) is 0 Å². The van der Waals surface area contributed by atoms with Gasteiger partial charge >= 0.3 is 0 Å². The molecule has 0 spiro atoms. The van der Waals surface area contributed by atoms with E-state index in [1.54, 1.807) is 12.1 Å². The summed E-state index contributed by atoms with van der Waals surface area (Å²) in [5.74, 6) is -0.372. The minimum Gasteiger partial charge on any atom is -0.508 e. The number of hydrogen-bond acceptors (Lipinski definition) is 5. The molecule has 5 N–H and O–H groups in total. The van der Waals surface area contributed by atoms with Gasteiger partial charge in [0.05, 0.1) is 5.56 Å². The standard InChI is InChI=1S/C20H18O5.H2O/c1-11(2)3-4-13-7-12(5-6-16(13)22)15-10-25-18-9-14(21)8-17(23)19(18)20(15)24;/h3,5-10,21-23H,4H2,1-2H3;1H2. The van der Waals surface area contributed by atoms with E-state index >= 15 is 0 Å². The van der Waals surface area contributed by atoms with Crippen LogP contribution < -0.4 is 5.43 Å². The third-order valence-corrected chi connectivity index (χ3v) is 3.96. The summed E-state index contributed by atoms with van der Waals surface area (Å²) < 4.78 is 5.41. The normalized spacial score (nSPS) is 10.4. The zero-order chi connectivity index (χ0) is 18.1. The molecule has 0 saturated carbocycles. The van der Waals surface area contributed by atoms with Crippen LogP contribution in [0, 0.1) is 0 Å². The van der Waals surface area contributed by atoms with Crippen molar-refractivity contribution in [2.24, 2.45) is 0 Å². The van der Waals surface area contributed by atoms with Crippen molar-refractivity contribution in [3.8, 4) is 28.4 Å². The van der Waals surface area contributed by atoms with Crippen molar-refractivity contribution >= 4 is 11.0 Å². The Labute approximate surface area is 149 Å². The van der Waals surface area contributed by atoms with Crippen LogP contribution in [0.1, 0.15) is 19.4 Å². The summed E-state index contributed by atoms with van der Waals surface area (Å²) in [4.78, 5) is 12.7. The van der Waals surface area contributed by atoms with Gasteiger partial charge in [0.1, 0.15) is 34.5 Å². The molecule has 0 unspecified atom stereocenters. The van der Waals surface area contributed by atoms with Gasteiger partial charge in [0.25, 0.3) is 0 Å². The molecular formula is C20H20O6. The van der Waals surface area contributed by atoms with Crippen LogP contribution in [0.2, 0.25) is 0 Å². The van der Waals surface area contributed by atoms with E-state index in [2.05, 4.69) is 0 Å². The Morgan fingerprint density at radius 2 is 1.81 bits per heavy atom. The van der Waals surface area contributed by atoms with E-state index in [1.165, 1.54) is 18.4 Å². The van der Waals surface area contributed by atoms with Crippen molar-refractivity contribution < 1.29 is 25.2 Å². The van der Waals surface area contributed by atoms with Crippen molar-refractivity contribution in [1.29, 1.82) is 0 Å². The lowest BCUT2D eigenvalue weighted by Gasteiger charge is -2.08. The molecule has 2 aromatic carbocycles. The summed E-state index contributed by atoms with van der Waals surface area (Å²) >= 11 is 0. The molecule has 0 fully saturated rings. The number of fused-ring (bicyclic) bond motifs is 1. The zero-order valence-corrected chi connectivity index (χ0v) is 14.4. The van der Waals surface area contributed by atoms with Crippen molar-refractivity contribution in [2.45, 2.75) is 20.3 Å². The minimum atomic E-state index is -0.405. The highest BCUT2D eigenvalue weighted by molar-refractivity contribution is 5.88. The first-order chi connectivity index (χ1) is 11.9. The summed E-state index contributed by atoms with van der Waals surface area (Å²) in [5.41, 5.74) is 2.37. The Balaban J connectivity index is 0.00000243. The highest BCUT2D eigenvalue weighted by Gasteiger charge is 2.15. The second-order valence-electron chi connectivity index (χ2n) is 6.15. The summed E-state index contributed by atoms with van der Waals surface area (Å²) in [7, 11) is 0. The maximum absolute atomic E-state index is 12.7. The van der Waals surface area contributed by atoms with Gasteiger partial charge in [0.15, 0.2) is 0 Å². The predicted molar refractivity (Wildman–Crippen MR) is 99.7 cm³/mol. The monoisotopic (exact) mass is 356 g/mol. The molecule has 0 radical (unpaired) electrons. The highest BCUT2D eigenvalue weighted by atomic mass is 16.3. The smallest absolute Gasteiger partial charge is 0.204 e. The fourth-order valence-corrected chi connectivity index (χ4v) is 2.65. The number of allylic oxidation sites excluding steroid dienone is 2. The Morgan fingerprint density at radius 1 is 1.08 bits per heavy atom. The van der Waals surface area contributed by atoms with Gasteiger partial charge in [0.2, 0.25) is 5.43 Å². The molecule has 0 aliphatic carbocycles. The molecule has 0 saturated heterocycles. The third kappa shape index (κ3) is 3.55. The minimum absolute atomic E-state index is 0. The van der Waals surface area contributed by atoms with E-state index in [1.807, 2.05) is 19.9 Å². The molecule has 6 heteroatoms. The number of phenols is 3. The molecule has 136 valence electrons. The van der Waals surface area contributed by atoms with E-state index < -0.39 is 5.43 Å². The fourth-order valence-electron chi connectivity index (χ4n) is 2.65. The van der Waals surface area contributed by atoms with Crippen LogP contribution in [0.25, 0.3) is 22.1 Å². The van der Waals surface area contributed by atoms with E-state index in [9.17, 15) is 20.1 Å². The van der Waals surface area contributed by atoms with Crippen LogP contribution in [0.3, 0.4) is 0 Å². The Bertz CT molecular complexity index is 1040. The molecule has 0 atom stereocenters. The second kappa shape index (κ2) is 7.33. The van der Waals surface area contributed by atoms with Gasteiger partial charge < -0.3 is 25.2 Å². The topological polar surface area (TPSA) is 122 Å². The summed E-state index contributed by atoms with van der Waals surface area (Å²) in [5, 5.41) is 29.5. The summed E-state index contributed by atoms with van der Waals surface area (Å²) in [6.07, 6.45) is 3.82. The number of hydrogen-bond donors (Lipinski definition) is 3. The SMILES string of the molecule is CC(C)=CCc1cc(-c2coc3cc(O)cc(O)c3c2=O)ccc1O.O. The number of rotatable bonds is 3. The van der Waals surface area contributed by atoms with Crippen molar-refractivity contribution in [2.75, 3.05) is 0 Å². The Hall–Kier alpha value is -3.25. The fraction of sp³-hybridized carbons (Fsp3) is 0.150. The van der Waals surface area contributed by atoms with E-state index in [0.717, 1.165) is 11.6 Å². The number of benzene rings is 2. The predicted octanol–water partition coefficient (Wildman–Crippen LogP) is 3.26. The quantitative estimate of drug-likeness (QED) is 0.622. The highest BCUT2D eigenvalue weighted by Crippen LogP contribution is 2.31. The average Bonchev–Trinajstić information content (AvgIpc) is 2.54. The van der Waals surface area contributed by atoms with Crippen molar-refractivity contribution in [3.05, 3.63) is 64.0 Å². The van der Waals surface area contributed by atoms with Crippen LogP contribution in [0.15, 0.2) is 57.5 Å². The van der Waals surface area contributed by atoms with Gasteiger partial charge in [-0.05, 0) is 43.5 Å². The van der Waals surface area contributed by atoms with Crippen LogP contribution >= 0.6 is 0 Å². The molecular weight excluding hydrogens is 336 g/mol. The molecule has 1 heterocycles. The largest absolute Gasteiger partial charge is 0.508 e. The lowest BCUT2D eigenvalue weighted by molar-refractivity contribution is 0.452. The number of phenolic OH excluding ortho intramolecular Hbond substituents is 3. The van der Waals surface area contributed by atoms with Crippen molar-refractivity contribution in [3.63, 3.8) is 0 Å². The molecule has 3 rings (SSSR count). The maximum Gasteiger partial charge on any atom is 0.204 e.